The Labute approximate surface area is 137 Å². The highest BCUT2D eigenvalue weighted by atomic mass is 16.5. The quantitative estimate of drug-likeness (QED) is 0.625. The van der Waals surface area contributed by atoms with Gasteiger partial charge in [0.15, 0.2) is 0 Å². The highest BCUT2D eigenvalue weighted by Gasteiger charge is 2.15. The van der Waals surface area contributed by atoms with Gasteiger partial charge in [0.2, 0.25) is 0 Å². The second-order valence-corrected chi connectivity index (χ2v) is 7.46. The number of hydrogen-bond acceptors (Lipinski definition) is 1. The van der Waals surface area contributed by atoms with Crippen molar-refractivity contribution in [1.82, 2.24) is 0 Å². The van der Waals surface area contributed by atoms with Crippen molar-refractivity contribution in [2.24, 2.45) is 0 Å². The Kier molecular flexibility index (Phi) is 6.79. The van der Waals surface area contributed by atoms with Gasteiger partial charge in [-0.05, 0) is 62.1 Å². The largest absolute Gasteiger partial charge is 0.490 e. The van der Waals surface area contributed by atoms with Gasteiger partial charge in [-0.25, -0.2) is 0 Å². The first kappa shape index (κ1) is 17.4. The van der Waals surface area contributed by atoms with Crippen molar-refractivity contribution in [1.29, 1.82) is 0 Å². The van der Waals surface area contributed by atoms with Crippen LogP contribution in [0.3, 0.4) is 0 Å². The molecule has 1 heteroatoms. The van der Waals surface area contributed by atoms with Crippen molar-refractivity contribution in [3.63, 3.8) is 0 Å². The zero-order chi connectivity index (χ0) is 15.9. The third kappa shape index (κ3) is 5.04. The van der Waals surface area contributed by atoms with E-state index in [1.54, 1.807) is 0 Å². The van der Waals surface area contributed by atoms with Gasteiger partial charge in [-0.2, -0.15) is 0 Å². The molecule has 0 saturated carbocycles. The molecule has 0 amide bonds. The number of aryl methyl sites for hydroxylation is 2. The van der Waals surface area contributed by atoms with Crippen LogP contribution in [0.2, 0.25) is 0 Å². The van der Waals surface area contributed by atoms with E-state index >= 15 is 0 Å². The van der Waals surface area contributed by atoms with E-state index in [-0.39, 0.29) is 6.10 Å². The fourth-order valence-corrected chi connectivity index (χ4v) is 3.39. The van der Waals surface area contributed by atoms with Crippen LogP contribution in [0.15, 0.2) is 12.1 Å². The van der Waals surface area contributed by atoms with Crippen LogP contribution in [-0.4, -0.2) is 6.10 Å². The minimum absolute atomic E-state index is 0.260. The molecule has 0 N–H and O–H groups in total. The second kappa shape index (κ2) is 8.60. The molecular formula is C21H34O. The summed E-state index contributed by atoms with van der Waals surface area (Å²) in [5.41, 5.74) is 4.39. The van der Waals surface area contributed by atoms with Gasteiger partial charge in [0.05, 0.1) is 6.10 Å². The Morgan fingerprint density at radius 2 is 1.18 bits per heavy atom. The van der Waals surface area contributed by atoms with Gasteiger partial charge in [-0.15, -0.1) is 0 Å². The molecule has 2 rings (SSSR count). The van der Waals surface area contributed by atoms with E-state index < -0.39 is 0 Å². The maximum atomic E-state index is 6.26. The van der Waals surface area contributed by atoms with E-state index in [9.17, 15) is 0 Å². The molecule has 0 saturated heterocycles. The molecule has 1 aromatic carbocycles. The molecule has 0 spiro atoms. The van der Waals surface area contributed by atoms with Crippen LogP contribution in [0, 0.1) is 0 Å². The molecule has 0 radical (unpaired) electrons. The Morgan fingerprint density at radius 3 is 1.59 bits per heavy atom. The predicted molar refractivity (Wildman–Crippen MR) is 96.0 cm³/mol. The van der Waals surface area contributed by atoms with Crippen LogP contribution in [-0.2, 0) is 12.8 Å². The minimum Gasteiger partial charge on any atom is -0.490 e. The van der Waals surface area contributed by atoms with Crippen molar-refractivity contribution in [2.45, 2.75) is 97.5 Å². The van der Waals surface area contributed by atoms with E-state index in [1.165, 1.54) is 80.2 Å². The van der Waals surface area contributed by atoms with Crippen LogP contribution < -0.4 is 4.74 Å². The smallest absolute Gasteiger partial charge is 0.126 e. The summed E-state index contributed by atoms with van der Waals surface area (Å²) in [5.74, 6) is 1.80. The molecule has 0 aromatic heterocycles. The van der Waals surface area contributed by atoms with Crippen molar-refractivity contribution in [2.75, 3.05) is 0 Å². The first-order valence-electron chi connectivity index (χ1n) is 9.40. The first-order valence-corrected chi connectivity index (χ1v) is 9.40. The van der Waals surface area contributed by atoms with Crippen LogP contribution in [0.4, 0.5) is 0 Å². The molecule has 2 bridgehead atoms. The average Bonchev–Trinajstić information content (AvgIpc) is 2.46. The predicted octanol–water partition coefficient (Wildman–Crippen LogP) is 6.43. The SMILES string of the molecule is CC(C)Oc1c2cc(C(C)C)cc1CCCCCCCCC2. The molecule has 1 aromatic rings. The molecule has 0 unspecified atom stereocenters. The lowest BCUT2D eigenvalue weighted by molar-refractivity contribution is 0.237. The molecule has 124 valence electrons. The lowest BCUT2D eigenvalue weighted by Gasteiger charge is -2.22. The number of benzene rings is 1. The summed E-state index contributed by atoms with van der Waals surface area (Å²) in [4.78, 5) is 0. The summed E-state index contributed by atoms with van der Waals surface area (Å²) in [5, 5.41) is 0. The molecule has 0 atom stereocenters. The summed E-state index contributed by atoms with van der Waals surface area (Å²) >= 11 is 0. The monoisotopic (exact) mass is 302 g/mol. The van der Waals surface area contributed by atoms with Crippen molar-refractivity contribution < 1.29 is 4.74 Å². The Bertz CT molecular complexity index is 428. The summed E-state index contributed by atoms with van der Waals surface area (Å²) in [6.07, 6.45) is 12.2. The molecular weight excluding hydrogens is 268 g/mol. The van der Waals surface area contributed by atoms with E-state index in [0.717, 1.165) is 0 Å². The lowest BCUT2D eigenvalue weighted by atomic mass is 9.91. The zero-order valence-corrected chi connectivity index (χ0v) is 15.1. The Balaban J connectivity index is 2.37. The van der Waals surface area contributed by atoms with Crippen molar-refractivity contribution in [3.8, 4) is 5.75 Å². The van der Waals surface area contributed by atoms with Gasteiger partial charge in [0.25, 0.3) is 0 Å². The zero-order valence-electron chi connectivity index (χ0n) is 15.1. The summed E-state index contributed by atoms with van der Waals surface area (Å²) in [7, 11) is 0. The van der Waals surface area contributed by atoms with E-state index in [0.29, 0.717) is 5.92 Å². The number of ether oxygens (including phenoxy) is 1. The number of fused-ring (bicyclic) bond motifs is 2. The molecule has 1 nitrogen and oxygen atoms in total. The van der Waals surface area contributed by atoms with Gasteiger partial charge in [0, 0.05) is 0 Å². The van der Waals surface area contributed by atoms with Gasteiger partial charge in [0.1, 0.15) is 5.75 Å². The van der Waals surface area contributed by atoms with Crippen molar-refractivity contribution >= 4 is 0 Å². The van der Waals surface area contributed by atoms with Gasteiger partial charge in [-0.1, -0.05) is 58.1 Å². The van der Waals surface area contributed by atoms with Crippen LogP contribution in [0.1, 0.15) is 95.2 Å². The fraction of sp³-hybridized carbons (Fsp3) is 0.714. The highest BCUT2D eigenvalue weighted by Crippen LogP contribution is 2.33. The normalized spacial score (nSPS) is 17.2. The van der Waals surface area contributed by atoms with Crippen molar-refractivity contribution in [3.05, 3.63) is 28.8 Å². The topological polar surface area (TPSA) is 9.23 Å². The van der Waals surface area contributed by atoms with Gasteiger partial charge < -0.3 is 4.74 Å². The van der Waals surface area contributed by atoms with E-state index in [4.69, 9.17) is 4.74 Å². The minimum atomic E-state index is 0.260. The molecule has 1 aliphatic rings. The lowest BCUT2D eigenvalue weighted by Crippen LogP contribution is -2.11. The third-order valence-corrected chi connectivity index (χ3v) is 4.68. The number of hydrogen-bond donors (Lipinski definition) is 0. The van der Waals surface area contributed by atoms with Gasteiger partial charge in [-0.3, -0.25) is 0 Å². The molecule has 0 aliphatic heterocycles. The summed E-state index contributed by atoms with van der Waals surface area (Å²) in [6, 6.07) is 4.83. The molecule has 0 fully saturated rings. The standard InChI is InChI=1S/C21H34O/c1-16(2)20-14-18-12-10-8-6-5-7-9-11-13-19(15-20)21(18)22-17(3)4/h14-17H,5-13H2,1-4H3. The average molecular weight is 303 g/mol. The van der Waals surface area contributed by atoms with Gasteiger partial charge >= 0.3 is 0 Å². The Hall–Kier alpha value is -0.980. The van der Waals surface area contributed by atoms with E-state index in [2.05, 4.69) is 39.8 Å². The first-order chi connectivity index (χ1) is 10.6. The molecule has 22 heavy (non-hydrogen) atoms. The molecule has 1 aliphatic carbocycles. The summed E-state index contributed by atoms with van der Waals surface area (Å²) in [6.45, 7) is 8.89. The Morgan fingerprint density at radius 1 is 0.727 bits per heavy atom. The maximum Gasteiger partial charge on any atom is 0.126 e. The molecule has 0 heterocycles. The fourth-order valence-electron chi connectivity index (χ4n) is 3.39. The highest BCUT2D eigenvalue weighted by molar-refractivity contribution is 5.46. The third-order valence-electron chi connectivity index (χ3n) is 4.68. The van der Waals surface area contributed by atoms with E-state index in [1.807, 2.05) is 0 Å². The van der Waals surface area contributed by atoms with Crippen LogP contribution in [0.25, 0.3) is 0 Å². The van der Waals surface area contributed by atoms with Crippen LogP contribution in [0.5, 0.6) is 5.75 Å². The number of rotatable bonds is 3. The second-order valence-electron chi connectivity index (χ2n) is 7.46. The maximum absolute atomic E-state index is 6.26. The van der Waals surface area contributed by atoms with Crippen LogP contribution >= 0.6 is 0 Å². The summed E-state index contributed by atoms with van der Waals surface area (Å²) < 4.78 is 6.26.